The minimum Gasteiger partial charge on any atom is -0.468 e. The third kappa shape index (κ3) is 5.37. The average molecular weight is 528 g/mol. The van der Waals surface area contributed by atoms with Gasteiger partial charge in [0, 0.05) is 11.3 Å². The predicted octanol–water partition coefficient (Wildman–Crippen LogP) is 4.17. The average Bonchev–Trinajstić information content (AvgIpc) is 3.15. The second kappa shape index (κ2) is 10.0. The van der Waals surface area contributed by atoms with Crippen molar-refractivity contribution in [2.75, 3.05) is 11.8 Å². The first-order valence-electron chi connectivity index (χ1n) is 10.7. The summed E-state index contributed by atoms with van der Waals surface area (Å²) in [6.07, 6.45) is 0. The van der Waals surface area contributed by atoms with Gasteiger partial charge in [0.05, 0.1) is 22.2 Å². The van der Waals surface area contributed by atoms with Crippen molar-refractivity contribution in [3.05, 3.63) is 88.0 Å². The quantitative estimate of drug-likeness (QED) is 0.379. The van der Waals surface area contributed by atoms with E-state index in [2.05, 4.69) is 9.71 Å². The third-order valence-electron chi connectivity index (χ3n) is 5.52. The molecule has 0 saturated carbocycles. The Morgan fingerprint density at radius 2 is 1.67 bits per heavy atom. The molecule has 0 atom stereocenters. The van der Waals surface area contributed by atoms with E-state index in [0.29, 0.717) is 4.80 Å². The largest absolute Gasteiger partial charge is 0.468 e. The highest BCUT2D eigenvalue weighted by molar-refractivity contribution is 7.92. The number of nitrogens with one attached hydrogen (secondary N) is 1. The maximum absolute atomic E-state index is 13.1. The molecule has 3 aromatic carbocycles. The minimum absolute atomic E-state index is 0.0931. The van der Waals surface area contributed by atoms with Crippen LogP contribution >= 0.6 is 11.3 Å². The van der Waals surface area contributed by atoms with E-state index >= 15 is 0 Å². The molecule has 0 spiro atoms. The fraction of sp³-hybridized carbons (Fsp3) is 0.160. The van der Waals surface area contributed by atoms with Crippen LogP contribution in [0.25, 0.3) is 10.2 Å². The van der Waals surface area contributed by atoms with Crippen LogP contribution in [0.1, 0.15) is 21.5 Å². The summed E-state index contributed by atoms with van der Waals surface area (Å²) in [5.41, 5.74) is 3.34. The Hall–Kier alpha value is -3.83. The number of carbonyl (C=O) groups is 2. The molecule has 0 saturated heterocycles. The number of methoxy groups -OCH3 is 1. The van der Waals surface area contributed by atoms with Crippen molar-refractivity contribution in [2.24, 2.45) is 4.99 Å². The van der Waals surface area contributed by atoms with Gasteiger partial charge in [0.25, 0.3) is 15.9 Å². The van der Waals surface area contributed by atoms with Gasteiger partial charge in [-0.2, -0.15) is 4.99 Å². The normalized spacial score (nSPS) is 12.1. The van der Waals surface area contributed by atoms with Crippen molar-refractivity contribution in [2.45, 2.75) is 25.3 Å². The highest BCUT2D eigenvalue weighted by atomic mass is 32.2. The SMILES string of the molecule is COC(=O)Cn1c(=NC(=O)c2ccc(NS(=O)(=O)c3ccc(F)cc3)cc2)sc2cc(C)c(C)cc21. The van der Waals surface area contributed by atoms with Gasteiger partial charge in [-0.05, 0) is 85.6 Å². The summed E-state index contributed by atoms with van der Waals surface area (Å²) >= 11 is 1.28. The molecule has 1 amide bonds. The van der Waals surface area contributed by atoms with Gasteiger partial charge < -0.3 is 9.30 Å². The molecule has 4 rings (SSSR count). The van der Waals surface area contributed by atoms with Crippen molar-refractivity contribution in [1.29, 1.82) is 0 Å². The third-order valence-corrected chi connectivity index (χ3v) is 7.96. The minimum atomic E-state index is -3.92. The Kier molecular flexibility index (Phi) is 7.04. The van der Waals surface area contributed by atoms with E-state index in [0.717, 1.165) is 45.6 Å². The number of hydrogen-bond acceptors (Lipinski definition) is 6. The van der Waals surface area contributed by atoms with E-state index in [1.54, 1.807) is 4.57 Å². The Labute approximate surface area is 210 Å². The number of ether oxygens (including phenoxy) is 1. The van der Waals surface area contributed by atoms with Crippen LogP contribution in [0.5, 0.6) is 0 Å². The van der Waals surface area contributed by atoms with Crippen LogP contribution < -0.4 is 9.52 Å². The van der Waals surface area contributed by atoms with Crippen LogP contribution in [0.4, 0.5) is 10.1 Å². The van der Waals surface area contributed by atoms with Crippen LogP contribution in [0.3, 0.4) is 0 Å². The molecule has 0 aliphatic rings. The lowest BCUT2D eigenvalue weighted by Crippen LogP contribution is -2.22. The number of esters is 1. The van der Waals surface area contributed by atoms with E-state index < -0.39 is 27.7 Å². The molecule has 11 heteroatoms. The number of amides is 1. The molecule has 1 heterocycles. The van der Waals surface area contributed by atoms with E-state index in [1.807, 2.05) is 26.0 Å². The molecular formula is C25H22FN3O5S2. The number of thiazole rings is 1. The predicted molar refractivity (Wildman–Crippen MR) is 135 cm³/mol. The molecule has 4 aromatic rings. The Balaban J connectivity index is 1.64. The number of rotatable bonds is 6. The summed E-state index contributed by atoms with van der Waals surface area (Å²) in [6.45, 7) is 3.84. The van der Waals surface area contributed by atoms with Crippen LogP contribution in [-0.2, 0) is 26.1 Å². The maximum Gasteiger partial charge on any atom is 0.325 e. The number of fused-ring (bicyclic) bond motifs is 1. The summed E-state index contributed by atoms with van der Waals surface area (Å²) in [4.78, 5) is 29.4. The second-order valence-electron chi connectivity index (χ2n) is 8.00. The molecule has 0 fully saturated rings. The van der Waals surface area contributed by atoms with Crippen LogP contribution in [0, 0.1) is 19.7 Å². The zero-order valence-electron chi connectivity index (χ0n) is 19.6. The number of sulfonamides is 1. The van der Waals surface area contributed by atoms with E-state index in [1.165, 1.54) is 42.7 Å². The smallest absolute Gasteiger partial charge is 0.325 e. The monoisotopic (exact) mass is 527 g/mol. The number of nitrogens with zero attached hydrogens (tertiary/aromatic N) is 2. The summed E-state index contributed by atoms with van der Waals surface area (Å²) in [5, 5.41) is 0. The Bertz CT molecular complexity index is 1640. The highest BCUT2D eigenvalue weighted by Crippen LogP contribution is 2.22. The molecule has 0 radical (unpaired) electrons. The van der Waals surface area contributed by atoms with Crippen molar-refractivity contribution in [3.63, 3.8) is 0 Å². The molecule has 1 aromatic heterocycles. The molecule has 0 aliphatic heterocycles. The van der Waals surface area contributed by atoms with Gasteiger partial charge in [0.2, 0.25) is 0 Å². The summed E-state index contributed by atoms with van der Waals surface area (Å²) in [5.74, 6) is -1.57. The lowest BCUT2D eigenvalue weighted by atomic mass is 10.1. The maximum atomic E-state index is 13.1. The van der Waals surface area contributed by atoms with Crippen molar-refractivity contribution >= 4 is 49.1 Å². The van der Waals surface area contributed by atoms with Crippen molar-refractivity contribution in [3.8, 4) is 0 Å². The molecule has 0 aliphatic carbocycles. The van der Waals surface area contributed by atoms with Gasteiger partial charge in [-0.25, -0.2) is 12.8 Å². The van der Waals surface area contributed by atoms with Crippen molar-refractivity contribution in [1.82, 2.24) is 4.57 Å². The van der Waals surface area contributed by atoms with Gasteiger partial charge in [-0.15, -0.1) is 0 Å². The highest BCUT2D eigenvalue weighted by Gasteiger charge is 2.16. The van der Waals surface area contributed by atoms with E-state index in [4.69, 9.17) is 4.74 Å². The number of benzene rings is 3. The number of aromatic nitrogens is 1. The first-order chi connectivity index (χ1) is 17.1. The lowest BCUT2D eigenvalue weighted by Gasteiger charge is -2.08. The first-order valence-corrected chi connectivity index (χ1v) is 13.0. The van der Waals surface area contributed by atoms with E-state index in [-0.39, 0.29) is 22.7 Å². The summed E-state index contributed by atoms with van der Waals surface area (Å²) < 4.78 is 47.8. The molecule has 0 bridgehead atoms. The fourth-order valence-corrected chi connectivity index (χ4v) is 5.58. The molecular weight excluding hydrogens is 505 g/mol. The van der Waals surface area contributed by atoms with Gasteiger partial charge in [0.15, 0.2) is 4.80 Å². The topological polar surface area (TPSA) is 107 Å². The van der Waals surface area contributed by atoms with E-state index in [9.17, 15) is 22.4 Å². The first kappa shape index (κ1) is 25.3. The molecule has 8 nitrogen and oxygen atoms in total. The number of halogens is 1. The van der Waals surface area contributed by atoms with Gasteiger partial charge in [-0.1, -0.05) is 11.3 Å². The number of carbonyl (C=O) groups excluding carboxylic acids is 2. The fourth-order valence-electron chi connectivity index (χ4n) is 3.41. The molecule has 1 N–H and O–H groups in total. The Morgan fingerprint density at radius 3 is 2.31 bits per heavy atom. The molecule has 186 valence electrons. The van der Waals surface area contributed by atoms with Gasteiger partial charge in [-0.3, -0.25) is 14.3 Å². The summed E-state index contributed by atoms with van der Waals surface area (Å²) in [6, 6.07) is 14.1. The lowest BCUT2D eigenvalue weighted by molar-refractivity contribution is -0.141. The number of anilines is 1. The second-order valence-corrected chi connectivity index (χ2v) is 10.7. The molecule has 0 unspecified atom stereocenters. The van der Waals surface area contributed by atoms with Gasteiger partial charge in [0.1, 0.15) is 12.4 Å². The molecule has 36 heavy (non-hydrogen) atoms. The van der Waals surface area contributed by atoms with Crippen molar-refractivity contribution < 1.29 is 27.1 Å². The van der Waals surface area contributed by atoms with Crippen LogP contribution in [0.15, 0.2) is 70.6 Å². The van der Waals surface area contributed by atoms with Gasteiger partial charge >= 0.3 is 5.97 Å². The van der Waals surface area contributed by atoms with Crippen LogP contribution in [0.2, 0.25) is 0 Å². The zero-order valence-corrected chi connectivity index (χ0v) is 21.2. The van der Waals surface area contributed by atoms with Crippen LogP contribution in [-0.4, -0.2) is 32.0 Å². The number of aryl methyl sites for hydroxylation is 2. The Morgan fingerprint density at radius 1 is 1.03 bits per heavy atom. The standard InChI is InChI=1S/C25H22FN3O5S2/c1-15-12-21-22(13-16(15)2)35-25(29(21)14-23(30)34-3)27-24(31)17-4-8-19(9-5-17)28-36(32,33)20-10-6-18(26)7-11-20/h4-13,28H,14H2,1-3H3. The summed E-state index contributed by atoms with van der Waals surface area (Å²) in [7, 11) is -2.63. The zero-order chi connectivity index (χ0) is 26.0. The number of hydrogen-bond donors (Lipinski definition) is 1.